The Morgan fingerprint density at radius 1 is 1.58 bits per heavy atom. The molecule has 0 atom stereocenters. The third-order valence-electron chi connectivity index (χ3n) is 2.45. The molecule has 0 unspecified atom stereocenters. The second-order valence-electron chi connectivity index (χ2n) is 3.29. The van der Waals surface area contributed by atoms with E-state index >= 15 is 0 Å². The van der Waals surface area contributed by atoms with Crippen molar-refractivity contribution in [2.45, 2.75) is 25.3 Å². The van der Waals surface area contributed by atoms with Crippen molar-refractivity contribution in [2.75, 3.05) is 13.6 Å². The van der Waals surface area contributed by atoms with Gasteiger partial charge in [0.2, 0.25) is 6.43 Å². The van der Waals surface area contributed by atoms with E-state index in [-0.39, 0.29) is 6.04 Å². The van der Waals surface area contributed by atoms with Crippen LogP contribution in [-0.2, 0) is 0 Å². The molecule has 1 saturated carbocycles. The largest absolute Gasteiger partial charge is 0.291 e. The molecular weight excluding hydrogens is 162 g/mol. The van der Waals surface area contributed by atoms with Gasteiger partial charge in [-0.1, -0.05) is 0 Å². The second kappa shape index (κ2) is 3.81. The highest BCUT2D eigenvalue weighted by molar-refractivity contribution is 4.90. The molecule has 2 nitrogen and oxygen atoms in total. The van der Waals surface area contributed by atoms with Crippen LogP contribution in [0.2, 0.25) is 0 Å². The zero-order valence-electron chi connectivity index (χ0n) is 7.00. The first-order valence-corrected chi connectivity index (χ1v) is 4.00. The average molecular weight is 174 g/mol. The molecule has 0 aliphatic heterocycles. The van der Waals surface area contributed by atoms with Crippen LogP contribution in [0.1, 0.15) is 12.8 Å². The third kappa shape index (κ3) is 1.92. The van der Waals surface area contributed by atoms with E-state index in [9.17, 15) is 8.78 Å². The summed E-state index contributed by atoms with van der Waals surface area (Å²) in [5, 5.41) is 8.34. The molecule has 12 heavy (non-hydrogen) atoms. The van der Waals surface area contributed by atoms with Crippen molar-refractivity contribution in [3.05, 3.63) is 0 Å². The van der Waals surface area contributed by atoms with E-state index in [0.29, 0.717) is 19.4 Å². The topological polar surface area (TPSA) is 27.0 Å². The zero-order valence-corrected chi connectivity index (χ0v) is 7.00. The Hall–Kier alpha value is -0.690. The Kier molecular flexibility index (Phi) is 2.99. The molecule has 0 spiro atoms. The summed E-state index contributed by atoms with van der Waals surface area (Å²) in [6, 6.07) is 2.20. The highest BCUT2D eigenvalue weighted by atomic mass is 19.3. The molecule has 0 radical (unpaired) electrons. The maximum absolute atomic E-state index is 12.0. The fraction of sp³-hybridized carbons (Fsp3) is 0.875. The molecular formula is C8H12F2N2. The monoisotopic (exact) mass is 174 g/mol. The van der Waals surface area contributed by atoms with Gasteiger partial charge in [0.05, 0.1) is 12.6 Å². The smallest absolute Gasteiger partial charge is 0.241 e. The summed E-state index contributed by atoms with van der Waals surface area (Å²) in [7, 11) is 1.80. The lowest BCUT2D eigenvalue weighted by Crippen LogP contribution is -2.44. The highest BCUT2D eigenvalue weighted by Crippen LogP contribution is 2.35. The quantitative estimate of drug-likeness (QED) is 0.606. The molecule has 0 saturated heterocycles. The molecule has 0 aromatic rings. The lowest BCUT2D eigenvalue weighted by atomic mass is 9.80. The Morgan fingerprint density at radius 2 is 2.17 bits per heavy atom. The Balaban J connectivity index is 2.21. The first kappa shape index (κ1) is 9.40. The number of hydrogen-bond acceptors (Lipinski definition) is 2. The van der Waals surface area contributed by atoms with Gasteiger partial charge in [0, 0.05) is 12.0 Å². The maximum Gasteiger partial charge on any atom is 0.241 e. The number of nitriles is 1. The Bertz CT molecular complexity index is 182. The van der Waals surface area contributed by atoms with Gasteiger partial charge in [-0.25, -0.2) is 8.78 Å². The van der Waals surface area contributed by atoms with Crippen molar-refractivity contribution >= 4 is 0 Å². The van der Waals surface area contributed by atoms with Gasteiger partial charge in [0.25, 0.3) is 0 Å². The summed E-state index contributed by atoms with van der Waals surface area (Å²) in [6.45, 7) is 0.334. The molecule has 1 rings (SSSR count). The van der Waals surface area contributed by atoms with Crippen molar-refractivity contribution in [1.82, 2.24) is 4.90 Å². The van der Waals surface area contributed by atoms with Crippen molar-refractivity contribution in [3.8, 4) is 6.07 Å². The number of alkyl halides is 2. The van der Waals surface area contributed by atoms with Gasteiger partial charge >= 0.3 is 0 Å². The van der Waals surface area contributed by atoms with Crippen LogP contribution in [0, 0.1) is 17.2 Å². The third-order valence-corrected chi connectivity index (χ3v) is 2.45. The van der Waals surface area contributed by atoms with Crippen molar-refractivity contribution < 1.29 is 8.78 Å². The lowest BCUT2D eigenvalue weighted by Gasteiger charge is -2.39. The van der Waals surface area contributed by atoms with E-state index in [1.165, 1.54) is 0 Å². The standard InChI is InChI=1S/C8H12F2N2/c1-12(3-2-11)7-4-6(5-7)8(9)10/h6-8H,3-5H2,1H3. The molecule has 0 aromatic heterocycles. The lowest BCUT2D eigenvalue weighted by molar-refractivity contribution is -0.0123. The van der Waals surface area contributed by atoms with E-state index in [1.54, 1.807) is 7.05 Å². The first-order chi connectivity index (χ1) is 5.65. The molecule has 1 fully saturated rings. The van der Waals surface area contributed by atoms with E-state index in [4.69, 9.17) is 5.26 Å². The predicted octanol–water partition coefficient (Wildman–Crippen LogP) is 1.49. The van der Waals surface area contributed by atoms with Crippen LogP contribution in [0.3, 0.4) is 0 Å². The number of hydrogen-bond donors (Lipinski definition) is 0. The van der Waals surface area contributed by atoms with Gasteiger partial charge in [0.1, 0.15) is 0 Å². The van der Waals surface area contributed by atoms with Crippen LogP contribution in [-0.4, -0.2) is 31.0 Å². The molecule has 1 aliphatic carbocycles. The molecule has 0 aromatic carbocycles. The molecule has 0 bridgehead atoms. The van der Waals surface area contributed by atoms with E-state index < -0.39 is 12.3 Å². The van der Waals surface area contributed by atoms with Crippen LogP contribution < -0.4 is 0 Å². The van der Waals surface area contributed by atoms with Crippen molar-refractivity contribution in [3.63, 3.8) is 0 Å². The highest BCUT2D eigenvalue weighted by Gasteiger charge is 2.37. The predicted molar refractivity (Wildman–Crippen MR) is 40.8 cm³/mol. The van der Waals surface area contributed by atoms with Crippen LogP contribution >= 0.6 is 0 Å². The summed E-state index contributed by atoms with van der Waals surface area (Å²) < 4.78 is 24.0. The van der Waals surface area contributed by atoms with E-state index in [0.717, 1.165) is 0 Å². The summed E-state index contributed by atoms with van der Waals surface area (Å²) in [5.74, 6) is -0.434. The Labute approximate surface area is 70.8 Å². The minimum atomic E-state index is -2.18. The molecule has 4 heteroatoms. The first-order valence-electron chi connectivity index (χ1n) is 4.00. The molecule has 0 heterocycles. The second-order valence-corrected chi connectivity index (χ2v) is 3.29. The molecule has 68 valence electrons. The van der Waals surface area contributed by atoms with Crippen LogP contribution in [0.25, 0.3) is 0 Å². The van der Waals surface area contributed by atoms with E-state index in [1.807, 2.05) is 11.0 Å². The maximum atomic E-state index is 12.0. The van der Waals surface area contributed by atoms with Crippen LogP contribution in [0.4, 0.5) is 8.78 Å². The van der Waals surface area contributed by atoms with Crippen molar-refractivity contribution in [2.24, 2.45) is 5.92 Å². The summed E-state index contributed by atoms with van der Waals surface area (Å²) in [4.78, 5) is 1.83. The fourth-order valence-corrected chi connectivity index (χ4v) is 1.44. The van der Waals surface area contributed by atoms with E-state index in [2.05, 4.69) is 0 Å². The molecule has 0 amide bonds. The minimum absolute atomic E-state index is 0.198. The summed E-state index contributed by atoms with van der Waals surface area (Å²) in [5.41, 5.74) is 0. The number of rotatable bonds is 3. The molecule has 0 N–H and O–H groups in total. The van der Waals surface area contributed by atoms with Crippen molar-refractivity contribution in [1.29, 1.82) is 5.26 Å². The van der Waals surface area contributed by atoms with Gasteiger partial charge in [-0.05, 0) is 19.9 Å². The minimum Gasteiger partial charge on any atom is -0.291 e. The Morgan fingerprint density at radius 3 is 2.58 bits per heavy atom. The number of halogens is 2. The SMILES string of the molecule is CN(CC#N)C1CC(C(F)F)C1. The van der Waals surface area contributed by atoms with Gasteiger partial charge in [0.15, 0.2) is 0 Å². The normalized spacial score (nSPS) is 28.7. The van der Waals surface area contributed by atoms with Gasteiger partial charge in [-0.15, -0.1) is 0 Å². The fourth-order valence-electron chi connectivity index (χ4n) is 1.44. The summed E-state index contributed by atoms with van der Waals surface area (Å²) >= 11 is 0. The average Bonchev–Trinajstić information content (AvgIpc) is 1.82. The molecule has 1 aliphatic rings. The van der Waals surface area contributed by atoms with Gasteiger partial charge in [-0.3, -0.25) is 4.90 Å². The number of nitrogens with zero attached hydrogens (tertiary/aromatic N) is 2. The summed E-state index contributed by atoms with van der Waals surface area (Å²) in [6.07, 6.45) is -1.11. The van der Waals surface area contributed by atoms with Crippen LogP contribution in [0.15, 0.2) is 0 Å². The van der Waals surface area contributed by atoms with Gasteiger partial charge in [-0.2, -0.15) is 5.26 Å². The van der Waals surface area contributed by atoms with Crippen LogP contribution in [0.5, 0.6) is 0 Å². The van der Waals surface area contributed by atoms with Gasteiger partial charge < -0.3 is 0 Å². The zero-order chi connectivity index (χ0) is 9.14.